The number of hydrogen-bond acceptors (Lipinski definition) is 4. The molecule has 0 aliphatic rings. The zero-order chi connectivity index (χ0) is 13.0. The van der Waals surface area contributed by atoms with Crippen LogP contribution in [-0.4, -0.2) is 28.0 Å². The number of aromatic nitrogens is 2. The first-order chi connectivity index (χ1) is 8.70. The number of thioether (sulfide) groups is 1. The molecule has 0 saturated carbocycles. The van der Waals surface area contributed by atoms with E-state index < -0.39 is 0 Å². The summed E-state index contributed by atoms with van der Waals surface area (Å²) in [6.07, 6.45) is 6.90. The minimum atomic E-state index is 0.438. The first kappa shape index (κ1) is 13.6. The van der Waals surface area contributed by atoms with Crippen LogP contribution in [0.25, 0.3) is 11.0 Å². The molecule has 2 rings (SSSR count). The van der Waals surface area contributed by atoms with Gasteiger partial charge in [-0.1, -0.05) is 0 Å². The molecule has 0 saturated heterocycles. The molecule has 0 aromatic carbocycles. The topological polar surface area (TPSA) is 37.8 Å². The second-order valence-electron chi connectivity index (χ2n) is 4.21. The number of nitrogens with one attached hydrogen (secondary N) is 1. The van der Waals surface area contributed by atoms with Gasteiger partial charge < -0.3 is 5.32 Å². The van der Waals surface area contributed by atoms with Gasteiger partial charge in [0.1, 0.15) is 5.52 Å². The minimum Gasteiger partial charge on any atom is -0.381 e. The van der Waals surface area contributed by atoms with Crippen molar-refractivity contribution in [3.8, 4) is 0 Å². The van der Waals surface area contributed by atoms with Crippen molar-refractivity contribution in [2.75, 3.05) is 17.3 Å². The highest BCUT2D eigenvalue weighted by Crippen LogP contribution is 2.23. The Labute approximate surface area is 120 Å². The van der Waals surface area contributed by atoms with Crippen molar-refractivity contribution < 1.29 is 0 Å². The first-order valence-electron chi connectivity index (χ1n) is 5.86. The summed E-state index contributed by atoms with van der Waals surface area (Å²) in [5.41, 5.74) is 2.89. The zero-order valence-electron chi connectivity index (χ0n) is 10.5. The first-order valence-corrected chi connectivity index (χ1v) is 8.05. The molecule has 5 heteroatoms. The molecule has 2 heterocycles. The van der Waals surface area contributed by atoms with E-state index in [9.17, 15) is 0 Å². The van der Waals surface area contributed by atoms with Crippen LogP contribution in [0.15, 0.2) is 29.0 Å². The Kier molecular flexibility index (Phi) is 4.83. The second kappa shape index (κ2) is 6.38. The number of halogens is 1. The van der Waals surface area contributed by atoms with E-state index in [4.69, 9.17) is 0 Å². The monoisotopic (exact) mass is 325 g/mol. The second-order valence-corrected chi connectivity index (χ2v) is 6.11. The van der Waals surface area contributed by atoms with Crippen molar-refractivity contribution in [3.05, 3.63) is 29.0 Å². The molecule has 0 radical (unpaired) electrons. The zero-order valence-corrected chi connectivity index (χ0v) is 12.9. The van der Waals surface area contributed by atoms with E-state index in [2.05, 4.69) is 44.4 Å². The van der Waals surface area contributed by atoms with Gasteiger partial charge in [0.25, 0.3) is 0 Å². The normalized spacial score (nSPS) is 12.6. The fraction of sp³-hybridized carbons (Fsp3) is 0.385. The molecule has 2 aromatic rings. The predicted octanol–water partition coefficient (Wildman–Crippen LogP) is 3.95. The van der Waals surface area contributed by atoms with Gasteiger partial charge in [-0.05, 0) is 53.4 Å². The lowest BCUT2D eigenvalue weighted by Gasteiger charge is -2.15. The Morgan fingerprint density at radius 2 is 2.28 bits per heavy atom. The van der Waals surface area contributed by atoms with E-state index in [1.54, 1.807) is 0 Å². The van der Waals surface area contributed by atoms with Crippen LogP contribution in [0.5, 0.6) is 0 Å². The minimum absolute atomic E-state index is 0.438. The molecule has 18 heavy (non-hydrogen) atoms. The van der Waals surface area contributed by atoms with Crippen LogP contribution in [0.2, 0.25) is 0 Å². The average Bonchev–Trinajstić information content (AvgIpc) is 2.36. The molecule has 2 aromatic heterocycles. The Morgan fingerprint density at radius 3 is 3.06 bits per heavy atom. The van der Waals surface area contributed by atoms with E-state index in [0.717, 1.165) is 33.4 Å². The number of hydrogen-bond donors (Lipinski definition) is 1. The predicted molar refractivity (Wildman–Crippen MR) is 83.3 cm³/mol. The molecule has 0 aliphatic heterocycles. The number of fused-ring (bicyclic) bond motifs is 1. The molecule has 3 nitrogen and oxygen atoms in total. The van der Waals surface area contributed by atoms with Gasteiger partial charge in [0.15, 0.2) is 0 Å². The number of nitrogens with zero attached hydrogens (tertiary/aromatic N) is 2. The largest absolute Gasteiger partial charge is 0.381 e. The Hall–Kier alpha value is -0.810. The average molecular weight is 326 g/mol. The van der Waals surface area contributed by atoms with Gasteiger partial charge in [0, 0.05) is 22.9 Å². The summed E-state index contributed by atoms with van der Waals surface area (Å²) in [6.45, 7) is 2.20. The summed E-state index contributed by atoms with van der Waals surface area (Å²) in [4.78, 5) is 8.77. The van der Waals surface area contributed by atoms with Crippen LogP contribution in [0.4, 0.5) is 5.69 Å². The van der Waals surface area contributed by atoms with Gasteiger partial charge in [-0.2, -0.15) is 11.8 Å². The van der Waals surface area contributed by atoms with Crippen LogP contribution in [0, 0.1) is 0 Å². The molecule has 1 unspecified atom stereocenters. The Morgan fingerprint density at radius 1 is 1.44 bits per heavy atom. The summed E-state index contributed by atoms with van der Waals surface area (Å²) in [5, 5.41) is 3.51. The number of rotatable bonds is 5. The summed E-state index contributed by atoms with van der Waals surface area (Å²) < 4.78 is 0.954. The molecule has 0 bridgehead atoms. The van der Waals surface area contributed by atoms with E-state index in [0.29, 0.717) is 6.04 Å². The maximum Gasteiger partial charge on any atom is 0.112 e. The lowest BCUT2D eigenvalue weighted by molar-refractivity contribution is 0.773. The van der Waals surface area contributed by atoms with Crippen LogP contribution >= 0.6 is 27.7 Å². The standard InChI is InChI=1S/C13H16BrN3S/c1-9(4-6-18-2)17-11-3-5-15-12-7-10(14)8-16-13(11)12/h3,5,7-9H,4,6H2,1-2H3,(H,15,17). The molecule has 96 valence electrons. The van der Waals surface area contributed by atoms with Crippen LogP contribution in [0.1, 0.15) is 13.3 Å². The lowest BCUT2D eigenvalue weighted by Crippen LogP contribution is -2.16. The van der Waals surface area contributed by atoms with Gasteiger partial charge in [0.05, 0.1) is 11.2 Å². The quantitative estimate of drug-likeness (QED) is 0.903. The van der Waals surface area contributed by atoms with Crippen LogP contribution in [0.3, 0.4) is 0 Å². The highest BCUT2D eigenvalue weighted by Gasteiger charge is 2.07. The third-order valence-corrected chi connectivity index (χ3v) is 3.78. The molecule has 0 aliphatic carbocycles. The van der Waals surface area contributed by atoms with Crippen molar-refractivity contribution in [1.29, 1.82) is 0 Å². The van der Waals surface area contributed by atoms with Crippen molar-refractivity contribution in [1.82, 2.24) is 9.97 Å². The summed E-state index contributed by atoms with van der Waals surface area (Å²) in [6, 6.07) is 4.41. The van der Waals surface area contributed by atoms with E-state index in [1.165, 1.54) is 0 Å². The fourth-order valence-electron chi connectivity index (χ4n) is 1.75. The van der Waals surface area contributed by atoms with Crippen LogP contribution in [-0.2, 0) is 0 Å². The highest BCUT2D eigenvalue weighted by molar-refractivity contribution is 9.10. The SMILES string of the molecule is CSCCC(C)Nc1ccnc2cc(Br)cnc12. The third-order valence-electron chi connectivity index (χ3n) is 2.70. The summed E-state index contributed by atoms with van der Waals surface area (Å²) >= 11 is 5.29. The van der Waals surface area contributed by atoms with Crippen molar-refractivity contribution >= 4 is 44.4 Å². The molecular weight excluding hydrogens is 310 g/mol. The molecule has 0 spiro atoms. The fourth-order valence-corrected chi connectivity index (χ4v) is 2.66. The maximum atomic E-state index is 4.44. The lowest BCUT2D eigenvalue weighted by atomic mass is 10.2. The summed E-state index contributed by atoms with van der Waals surface area (Å²) in [7, 11) is 0. The third kappa shape index (κ3) is 3.36. The Balaban J connectivity index is 2.22. The van der Waals surface area contributed by atoms with E-state index in [1.807, 2.05) is 36.3 Å². The van der Waals surface area contributed by atoms with Crippen molar-refractivity contribution in [2.24, 2.45) is 0 Å². The molecule has 0 amide bonds. The molecule has 0 fully saturated rings. The van der Waals surface area contributed by atoms with E-state index >= 15 is 0 Å². The number of pyridine rings is 2. The van der Waals surface area contributed by atoms with E-state index in [-0.39, 0.29) is 0 Å². The molecule has 1 atom stereocenters. The highest BCUT2D eigenvalue weighted by atomic mass is 79.9. The van der Waals surface area contributed by atoms with Crippen LogP contribution < -0.4 is 5.32 Å². The van der Waals surface area contributed by atoms with Gasteiger partial charge >= 0.3 is 0 Å². The van der Waals surface area contributed by atoms with Crippen molar-refractivity contribution in [2.45, 2.75) is 19.4 Å². The summed E-state index contributed by atoms with van der Waals surface area (Å²) in [5.74, 6) is 1.16. The maximum absolute atomic E-state index is 4.44. The van der Waals surface area contributed by atoms with Gasteiger partial charge in [0.2, 0.25) is 0 Å². The molecular formula is C13H16BrN3S. The van der Waals surface area contributed by atoms with Gasteiger partial charge in [-0.15, -0.1) is 0 Å². The van der Waals surface area contributed by atoms with Gasteiger partial charge in [-0.3, -0.25) is 9.97 Å². The van der Waals surface area contributed by atoms with Gasteiger partial charge in [-0.25, -0.2) is 0 Å². The molecule has 1 N–H and O–H groups in total. The number of anilines is 1. The smallest absolute Gasteiger partial charge is 0.112 e. The van der Waals surface area contributed by atoms with Crippen molar-refractivity contribution in [3.63, 3.8) is 0 Å². The Bertz CT molecular complexity index is 533.